The Morgan fingerprint density at radius 2 is 1.43 bits per heavy atom. The number of unbranched alkanes of at least 4 members (excludes halogenated alkanes) is 6. The summed E-state index contributed by atoms with van der Waals surface area (Å²) >= 11 is 0. The fraction of sp³-hybridized carbons (Fsp3) is 0.650. The number of hydrogen-bond acceptors (Lipinski definition) is 1. The molecule has 0 spiro atoms. The first-order valence-electron chi connectivity index (χ1n) is 8.77. The van der Waals surface area contributed by atoms with Crippen molar-refractivity contribution in [1.29, 1.82) is 0 Å². The predicted molar refractivity (Wildman–Crippen MR) is 98.0 cm³/mol. The molecule has 21 heavy (non-hydrogen) atoms. The van der Waals surface area contributed by atoms with Gasteiger partial charge in [0.05, 0.1) is 0 Å². The molecule has 0 aliphatic rings. The first-order chi connectivity index (χ1) is 10.3. The van der Waals surface area contributed by atoms with E-state index in [1.807, 2.05) is 6.08 Å². The van der Waals surface area contributed by atoms with Crippen LogP contribution in [0.2, 0.25) is 0 Å². The Morgan fingerprint density at radius 1 is 0.857 bits per heavy atom. The van der Waals surface area contributed by atoms with E-state index in [1.54, 1.807) is 12.3 Å². The average Bonchev–Trinajstić information content (AvgIpc) is 2.50. The summed E-state index contributed by atoms with van der Waals surface area (Å²) in [4.78, 5) is 4.58. The van der Waals surface area contributed by atoms with E-state index in [0.29, 0.717) is 5.92 Å². The van der Waals surface area contributed by atoms with E-state index in [4.69, 9.17) is 0 Å². The van der Waals surface area contributed by atoms with Crippen LogP contribution in [0.25, 0.3) is 0 Å². The van der Waals surface area contributed by atoms with Crippen molar-refractivity contribution in [3.8, 4) is 0 Å². The predicted octanol–water partition coefficient (Wildman–Crippen LogP) is 6.87. The third-order valence-corrected chi connectivity index (χ3v) is 3.85. The van der Waals surface area contributed by atoms with Crippen LogP contribution in [0.15, 0.2) is 42.1 Å². The monoisotopic (exact) mass is 289 g/mol. The van der Waals surface area contributed by atoms with Crippen LogP contribution in [-0.2, 0) is 0 Å². The number of rotatable bonds is 14. The van der Waals surface area contributed by atoms with Crippen LogP contribution < -0.4 is 0 Å². The molecule has 120 valence electrons. The van der Waals surface area contributed by atoms with E-state index in [9.17, 15) is 0 Å². The second kappa shape index (κ2) is 15.3. The van der Waals surface area contributed by atoms with Gasteiger partial charge in [-0.05, 0) is 18.9 Å². The summed E-state index contributed by atoms with van der Waals surface area (Å²) in [6.07, 6.45) is 20.6. The normalized spacial score (nSPS) is 12.2. The Kier molecular flexibility index (Phi) is 14.5. The lowest BCUT2D eigenvalue weighted by Crippen LogP contribution is -2.04. The van der Waals surface area contributed by atoms with Crippen LogP contribution in [0.5, 0.6) is 0 Å². The lowest BCUT2D eigenvalue weighted by molar-refractivity contribution is 0.452. The van der Waals surface area contributed by atoms with E-state index < -0.39 is 0 Å². The molecule has 1 nitrogen and oxygen atoms in total. The molecule has 0 aromatic rings. The van der Waals surface area contributed by atoms with Crippen LogP contribution in [0.1, 0.15) is 78.1 Å². The Hall–Kier alpha value is -1.11. The zero-order valence-corrected chi connectivity index (χ0v) is 14.3. The van der Waals surface area contributed by atoms with Crippen LogP contribution in [0.4, 0.5) is 0 Å². The number of nitrogens with zero attached hydrogens (tertiary/aromatic N) is 1. The molecule has 0 aliphatic heterocycles. The van der Waals surface area contributed by atoms with E-state index in [-0.39, 0.29) is 0 Å². The first kappa shape index (κ1) is 19.9. The third-order valence-electron chi connectivity index (χ3n) is 3.85. The van der Waals surface area contributed by atoms with Gasteiger partial charge in [-0.3, -0.25) is 4.99 Å². The summed E-state index contributed by atoms with van der Waals surface area (Å²) in [5, 5.41) is 0. The molecule has 0 rings (SSSR count). The van der Waals surface area contributed by atoms with Crippen LogP contribution in [0, 0.1) is 5.92 Å². The summed E-state index contributed by atoms with van der Waals surface area (Å²) in [6, 6.07) is 0. The van der Waals surface area contributed by atoms with Gasteiger partial charge in [-0.15, -0.1) is 0 Å². The van der Waals surface area contributed by atoms with Gasteiger partial charge in [-0.25, -0.2) is 0 Å². The highest BCUT2D eigenvalue weighted by atomic mass is 14.7. The third kappa shape index (κ3) is 11.2. The molecular weight excluding hydrogens is 254 g/mol. The maximum absolute atomic E-state index is 4.58. The highest BCUT2D eigenvalue weighted by molar-refractivity contribution is 5.71. The van der Waals surface area contributed by atoms with Gasteiger partial charge in [0.15, 0.2) is 0 Å². The van der Waals surface area contributed by atoms with Gasteiger partial charge in [0.1, 0.15) is 0 Å². The molecule has 0 N–H and O–H groups in total. The van der Waals surface area contributed by atoms with E-state index >= 15 is 0 Å². The zero-order valence-electron chi connectivity index (χ0n) is 14.3. The molecule has 0 amide bonds. The van der Waals surface area contributed by atoms with Crippen LogP contribution in [0.3, 0.4) is 0 Å². The van der Waals surface area contributed by atoms with Gasteiger partial charge in [0.25, 0.3) is 0 Å². The molecule has 0 saturated carbocycles. The topological polar surface area (TPSA) is 12.4 Å². The molecule has 0 aromatic carbocycles. The van der Waals surface area contributed by atoms with Gasteiger partial charge in [0, 0.05) is 17.8 Å². The smallest absolute Gasteiger partial charge is 0.0434 e. The highest BCUT2D eigenvalue weighted by Crippen LogP contribution is 2.26. The zero-order chi connectivity index (χ0) is 15.8. The van der Waals surface area contributed by atoms with E-state index in [0.717, 1.165) is 0 Å². The Morgan fingerprint density at radius 3 is 1.86 bits per heavy atom. The SMILES string of the molecule is C=C/C=N\C(=C/C=C)C(CCCCCC)CCCCCC. The van der Waals surface area contributed by atoms with Crippen molar-refractivity contribution >= 4 is 6.21 Å². The molecule has 0 aromatic heterocycles. The van der Waals surface area contributed by atoms with Gasteiger partial charge in [0.2, 0.25) is 0 Å². The minimum atomic E-state index is 0.577. The fourth-order valence-corrected chi connectivity index (χ4v) is 2.62. The van der Waals surface area contributed by atoms with E-state index in [1.165, 1.54) is 69.9 Å². The van der Waals surface area contributed by atoms with Crippen molar-refractivity contribution in [3.63, 3.8) is 0 Å². The maximum Gasteiger partial charge on any atom is 0.0434 e. The summed E-state index contributed by atoms with van der Waals surface area (Å²) in [5.74, 6) is 0.577. The summed E-state index contributed by atoms with van der Waals surface area (Å²) in [5.41, 5.74) is 1.18. The second-order valence-electron chi connectivity index (χ2n) is 5.74. The Labute approximate surface area is 132 Å². The van der Waals surface area contributed by atoms with Gasteiger partial charge in [-0.1, -0.05) is 90.5 Å². The minimum absolute atomic E-state index is 0.577. The highest BCUT2D eigenvalue weighted by Gasteiger charge is 2.12. The number of hydrogen-bond donors (Lipinski definition) is 0. The van der Waals surface area contributed by atoms with Crippen molar-refractivity contribution in [2.75, 3.05) is 0 Å². The van der Waals surface area contributed by atoms with Crippen molar-refractivity contribution in [2.24, 2.45) is 10.9 Å². The quantitative estimate of drug-likeness (QED) is 0.188. The molecule has 0 unspecified atom stereocenters. The van der Waals surface area contributed by atoms with Crippen LogP contribution in [-0.4, -0.2) is 6.21 Å². The maximum atomic E-state index is 4.58. The summed E-state index contributed by atoms with van der Waals surface area (Å²) in [6.45, 7) is 12.1. The van der Waals surface area contributed by atoms with Gasteiger partial charge >= 0.3 is 0 Å². The van der Waals surface area contributed by atoms with Gasteiger partial charge < -0.3 is 0 Å². The Bertz CT molecular complexity index is 300. The van der Waals surface area contributed by atoms with Crippen molar-refractivity contribution in [3.05, 3.63) is 37.1 Å². The van der Waals surface area contributed by atoms with Gasteiger partial charge in [-0.2, -0.15) is 0 Å². The van der Waals surface area contributed by atoms with Crippen molar-refractivity contribution < 1.29 is 0 Å². The molecule has 0 atom stereocenters. The molecule has 0 fully saturated rings. The fourth-order valence-electron chi connectivity index (χ4n) is 2.62. The van der Waals surface area contributed by atoms with Crippen molar-refractivity contribution in [1.82, 2.24) is 0 Å². The lowest BCUT2D eigenvalue weighted by Gasteiger charge is -2.17. The van der Waals surface area contributed by atoms with E-state index in [2.05, 4.69) is 38.1 Å². The lowest BCUT2D eigenvalue weighted by atomic mass is 9.91. The van der Waals surface area contributed by atoms with Crippen LogP contribution >= 0.6 is 0 Å². The molecule has 1 heteroatoms. The molecule has 0 aliphatic carbocycles. The summed E-state index contributed by atoms with van der Waals surface area (Å²) < 4.78 is 0. The molecule has 0 saturated heterocycles. The molecule has 0 heterocycles. The molecule has 0 radical (unpaired) electrons. The average molecular weight is 290 g/mol. The number of aliphatic imine (C=N–C) groups is 1. The minimum Gasteiger partial charge on any atom is -0.261 e. The standard InChI is InChI=1S/C20H35N/c1-5-9-11-13-16-19(17-14-12-10-6-2)20(15-7-3)21-18-8-4/h7-8,15,18-19H,3-6,9-14,16-17H2,1-2H3/b20-15-,21-18-. The summed E-state index contributed by atoms with van der Waals surface area (Å²) in [7, 11) is 0. The molecular formula is C20H35N. The second-order valence-corrected chi connectivity index (χ2v) is 5.74. The largest absolute Gasteiger partial charge is 0.261 e. The molecule has 0 bridgehead atoms. The number of allylic oxidation sites excluding steroid dienone is 4. The Balaban J connectivity index is 4.55. The first-order valence-corrected chi connectivity index (χ1v) is 8.77. The van der Waals surface area contributed by atoms with Crippen molar-refractivity contribution in [2.45, 2.75) is 78.1 Å².